The lowest BCUT2D eigenvalue weighted by Crippen LogP contribution is -2.44. The summed E-state index contributed by atoms with van der Waals surface area (Å²) in [6.07, 6.45) is 4.60. The summed E-state index contributed by atoms with van der Waals surface area (Å²) in [4.78, 5) is 12.8. The van der Waals surface area contributed by atoms with E-state index in [1.807, 2.05) is 11.4 Å². The Kier molecular flexibility index (Phi) is 4.59. The molecule has 2 atom stereocenters. The van der Waals surface area contributed by atoms with E-state index in [1.165, 1.54) is 24.2 Å². The highest BCUT2D eigenvalue weighted by atomic mass is 79.9. The molecule has 2 rings (SSSR count). The molecule has 0 radical (unpaired) electrons. The van der Waals surface area contributed by atoms with Gasteiger partial charge in [0.1, 0.15) is 4.88 Å². The number of amides is 1. The van der Waals surface area contributed by atoms with Crippen molar-refractivity contribution in [3.8, 4) is 0 Å². The van der Waals surface area contributed by atoms with Gasteiger partial charge in [-0.15, -0.1) is 11.3 Å². The molecule has 3 nitrogen and oxygen atoms in total. The van der Waals surface area contributed by atoms with Crippen LogP contribution in [0.25, 0.3) is 0 Å². The summed E-state index contributed by atoms with van der Waals surface area (Å²) in [6.45, 7) is 0.663. The van der Waals surface area contributed by atoms with E-state index < -0.39 is 0 Å². The molecule has 0 bridgehead atoms. The fourth-order valence-electron chi connectivity index (χ4n) is 2.37. The highest BCUT2D eigenvalue weighted by molar-refractivity contribution is 9.10. The number of nitrogens with two attached hydrogens (primary N) is 1. The minimum Gasteiger partial charge on any atom is -0.348 e. The van der Waals surface area contributed by atoms with Crippen LogP contribution in [0.3, 0.4) is 0 Å². The molecule has 1 aliphatic carbocycles. The van der Waals surface area contributed by atoms with Gasteiger partial charge in [-0.05, 0) is 52.7 Å². The standard InChI is InChI=1S/C12H17BrN2OS/c13-9-5-6-17-11(9)12(16)15-10-4-2-1-3-8(10)7-14/h5-6,8,10H,1-4,7,14H2,(H,15,16). The minimum absolute atomic E-state index is 0.0252. The van der Waals surface area contributed by atoms with Crippen LogP contribution >= 0.6 is 27.3 Å². The van der Waals surface area contributed by atoms with Gasteiger partial charge in [0.25, 0.3) is 5.91 Å². The molecular formula is C12H17BrN2OS. The van der Waals surface area contributed by atoms with Gasteiger partial charge in [-0.2, -0.15) is 0 Å². The SMILES string of the molecule is NCC1CCCCC1NC(=O)c1sccc1Br. The zero-order valence-corrected chi connectivity index (χ0v) is 12.0. The van der Waals surface area contributed by atoms with Gasteiger partial charge in [0.05, 0.1) is 0 Å². The van der Waals surface area contributed by atoms with Gasteiger partial charge in [0.15, 0.2) is 0 Å². The van der Waals surface area contributed by atoms with E-state index in [0.29, 0.717) is 12.5 Å². The normalized spacial score (nSPS) is 24.6. The van der Waals surface area contributed by atoms with Gasteiger partial charge in [0.2, 0.25) is 0 Å². The molecule has 0 saturated heterocycles. The van der Waals surface area contributed by atoms with Crippen molar-refractivity contribution in [2.75, 3.05) is 6.54 Å². The molecule has 0 aliphatic heterocycles. The van der Waals surface area contributed by atoms with Gasteiger partial charge in [-0.3, -0.25) is 4.79 Å². The second-order valence-electron chi connectivity index (χ2n) is 4.46. The molecule has 0 spiro atoms. The number of carbonyl (C=O) groups excluding carboxylic acids is 1. The lowest BCUT2D eigenvalue weighted by molar-refractivity contribution is 0.0911. The van der Waals surface area contributed by atoms with E-state index in [2.05, 4.69) is 21.2 Å². The number of nitrogens with one attached hydrogen (secondary N) is 1. The zero-order valence-electron chi connectivity index (χ0n) is 9.62. The summed E-state index contributed by atoms with van der Waals surface area (Å²) >= 11 is 4.85. The second kappa shape index (κ2) is 5.98. The van der Waals surface area contributed by atoms with Crippen LogP contribution in [-0.4, -0.2) is 18.5 Å². The molecule has 1 amide bonds. The van der Waals surface area contributed by atoms with Gasteiger partial charge in [-0.1, -0.05) is 12.8 Å². The molecule has 17 heavy (non-hydrogen) atoms. The quantitative estimate of drug-likeness (QED) is 0.901. The highest BCUT2D eigenvalue weighted by Crippen LogP contribution is 2.26. The third-order valence-corrected chi connectivity index (χ3v) is 5.19. The van der Waals surface area contributed by atoms with Crippen molar-refractivity contribution < 1.29 is 4.79 Å². The fraction of sp³-hybridized carbons (Fsp3) is 0.583. The largest absolute Gasteiger partial charge is 0.348 e. The Hall–Kier alpha value is -0.390. The summed E-state index contributed by atoms with van der Waals surface area (Å²) in [5.74, 6) is 0.462. The molecule has 1 saturated carbocycles. The summed E-state index contributed by atoms with van der Waals surface area (Å²) < 4.78 is 0.875. The molecule has 1 heterocycles. The van der Waals surface area contributed by atoms with Crippen LogP contribution < -0.4 is 11.1 Å². The molecule has 0 aromatic carbocycles. The van der Waals surface area contributed by atoms with Crippen LogP contribution in [0.4, 0.5) is 0 Å². The first-order chi connectivity index (χ1) is 8.22. The van der Waals surface area contributed by atoms with Crippen molar-refractivity contribution in [1.82, 2.24) is 5.32 Å². The molecule has 1 fully saturated rings. The monoisotopic (exact) mass is 316 g/mol. The Morgan fingerprint density at radius 1 is 1.53 bits per heavy atom. The summed E-state index contributed by atoms with van der Waals surface area (Å²) in [7, 11) is 0. The Labute approximate surface area is 114 Å². The predicted octanol–water partition coefficient (Wildman–Crippen LogP) is 2.76. The van der Waals surface area contributed by atoms with Crippen LogP contribution in [0, 0.1) is 5.92 Å². The highest BCUT2D eigenvalue weighted by Gasteiger charge is 2.26. The molecule has 94 valence electrons. The number of hydrogen-bond acceptors (Lipinski definition) is 3. The van der Waals surface area contributed by atoms with E-state index in [9.17, 15) is 4.79 Å². The van der Waals surface area contributed by atoms with Gasteiger partial charge in [0, 0.05) is 10.5 Å². The molecule has 3 N–H and O–H groups in total. The average molecular weight is 317 g/mol. The molecule has 2 unspecified atom stereocenters. The lowest BCUT2D eigenvalue weighted by Gasteiger charge is -2.31. The van der Waals surface area contributed by atoms with Crippen LogP contribution in [-0.2, 0) is 0 Å². The molecule has 1 aromatic rings. The summed E-state index contributed by atoms with van der Waals surface area (Å²) in [5, 5.41) is 5.04. The molecule has 5 heteroatoms. The molecule has 1 aromatic heterocycles. The average Bonchev–Trinajstić information content (AvgIpc) is 2.76. The van der Waals surface area contributed by atoms with Crippen molar-refractivity contribution in [2.45, 2.75) is 31.7 Å². The Balaban J connectivity index is 2.00. The van der Waals surface area contributed by atoms with Crippen molar-refractivity contribution in [1.29, 1.82) is 0 Å². The first kappa shape index (κ1) is 13.1. The van der Waals surface area contributed by atoms with E-state index in [1.54, 1.807) is 0 Å². The van der Waals surface area contributed by atoms with E-state index in [0.717, 1.165) is 22.2 Å². The van der Waals surface area contributed by atoms with Crippen molar-refractivity contribution in [3.63, 3.8) is 0 Å². The maximum atomic E-state index is 12.1. The first-order valence-electron chi connectivity index (χ1n) is 5.96. The van der Waals surface area contributed by atoms with Crippen LogP contribution in [0.1, 0.15) is 35.4 Å². The van der Waals surface area contributed by atoms with Crippen molar-refractivity contribution >= 4 is 33.2 Å². The van der Waals surface area contributed by atoms with Crippen LogP contribution in [0.2, 0.25) is 0 Å². The third kappa shape index (κ3) is 3.09. The molecule has 1 aliphatic rings. The third-order valence-electron chi connectivity index (χ3n) is 3.35. The summed E-state index contributed by atoms with van der Waals surface area (Å²) in [6, 6.07) is 2.15. The smallest absolute Gasteiger partial charge is 0.262 e. The Morgan fingerprint density at radius 3 is 2.94 bits per heavy atom. The first-order valence-corrected chi connectivity index (χ1v) is 7.63. The topological polar surface area (TPSA) is 55.1 Å². The maximum absolute atomic E-state index is 12.1. The fourth-order valence-corrected chi connectivity index (χ4v) is 3.82. The number of carbonyl (C=O) groups is 1. The lowest BCUT2D eigenvalue weighted by atomic mass is 9.84. The van der Waals surface area contributed by atoms with E-state index in [4.69, 9.17) is 5.73 Å². The second-order valence-corrected chi connectivity index (χ2v) is 6.23. The zero-order chi connectivity index (χ0) is 12.3. The summed E-state index contributed by atoms with van der Waals surface area (Å²) in [5.41, 5.74) is 5.76. The van der Waals surface area contributed by atoms with Gasteiger partial charge < -0.3 is 11.1 Å². The van der Waals surface area contributed by atoms with Crippen molar-refractivity contribution in [3.05, 3.63) is 20.8 Å². The maximum Gasteiger partial charge on any atom is 0.262 e. The predicted molar refractivity (Wildman–Crippen MR) is 74.3 cm³/mol. The van der Waals surface area contributed by atoms with E-state index in [-0.39, 0.29) is 11.9 Å². The van der Waals surface area contributed by atoms with Gasteiger partial charge in [-0.25, -0.2) is 0 Å². The van der Waals surface area contributed by atoms with Gasteiger partial charge >= 0.3 is 0 Å². The minimum atomic E-state index is 0.0252. The number of hydrogen-bond donors (Lipinski definition) is 2. The van der Waals surface area contributed by atoms with E-state index >= 15 is 0 Å². The molecular weight excluding hydrogens is 300 g/mol. The van der Waals surface area contributed by atoms with Crippen molar-refractivity contribution in [2.24, 2.45) is 11.7 Å². The number of rotatable bonds is 3. The Morgan fingerprint density at radius 2 is 2.29 bits per heavy atom. The Bertz CT molecular complexity index is 394. The number of halogens is 1. The van der Waals surface area contributed by atoms with Crippen LogP contribution in [0.15, 0.2) is 15.9 Å². The van der Waals surface area contributed by atoms with Crippen LogP contribution in [0.5, 0.6) is 0 Å². The number of thiophene rings is 1.